The quantitative estimate of drug-likeness (QED) is 0.791. The van der Waals surface area contributed by atoms with Crippen LogP contribution in [0, 0.1) is 5.92 Å². The Hall–Kier alpha value is -3.02. The highest BCUT2D eigenvalue weighted by atomic mass is 16.3. The lowest BCUT2D eigenvalue weighted by Gasteiger charge is -2.36. The van der Waals surface area contributed by atoms with E-state index in [9.17, 15) is 9.59 Å². The highest BCUT2D eigenvalue weighted by Gasteiger charge is 2.51. The summed E-state index contributed by atoms with van der Waals surface area (Å²) in [5, 5.41) is 3.53. The summed E-state index contributed by atoms with van der Waals surface area (Å²) in [6, 6.07) is 13.3. The molecule has 6 heteroatoms. The molecule has 1 N–H and O–H groups in total. The van der Waals surface area contributed by atoms with E-state index in [1.165, 1.54) is 0 Å². The number of hydrogen-bond acceptors (Lipinski definition) is 4. The Labute approximate surface area is 189 Å². The van der Waals surface area contributed by atoms with Gasteiger partial charge in [-0.25, -0.2) is 0 Å². The van der Waals surface area contributed by atoms with E-state index in [2.05, 4.69) is 19.2 Å². The molecule has 5 rings (SSSR count). The Morgan fingerprint density at radius 1 is 1.12 bits per heavy atom. The third kappa shape index (κ3) is 3.42. The van der Waals surface area contributed by atoms with Gasteiger partial charge in [-0.2, -0.15) is 0 Å². The fraction of sp³-hybridized carbons (Fsp3) is 0.462. The van der Waals surface area contributed by atoms with Crippen molar-refractivity contribution in [1.29, 1.82) is 0 Å². The van der Waals surface area contributed by atoms with Gasteiger partial charge in [0.2, 0.25) is 5.91 Å². The number of amides is 2. The third-order valence-corrected chi connectivity index (χ3v) is 7.25. The van der Waals surface area contributed by atoms with Crippen LogP contribution in [0.1, 0.15) is 56.9 Å². The number of rotatable bonds is 4. The standard InChI is InChI=1S/C26H31N3O3/c1-26(2)23-21(25(31)29(26)17-18-9-4-3-5-10-18)22(20-13-8-16-32-20)28(15-14-27-23)24(30)19-11-6-7-12-19/h3-5,8-10,13,16,19,22,27H,6-7,11-12,14-15,17H2,1-2H3. The molecule has 1 aromatic carbocycles. The van der Waals surface area contributed by atoms with Crippen molar-refractivity contribution in [2.24, 2.45) is 5.92 Å². The van der Waals surface area contributed by atoms with Crippen LogP contribution in [0.5, 0.6) is 0 Å². The number of benzene rings is 1. The Morgan fingerprint density at radius 3 is 2.56 bits per heavy atom. The van der Waals surface area contributed by atoms with E-state index in [0.29, 0.717) is 31.0 Å². The van der Waals surface area contributed by atoms with Crippen molar-refractivity contribution in [2.75, 3.05) is 13.1 Å². The Balaban J connectivity index is 1.56. The van der Waals surface area contributed by atoms with E-state index in [0.717, 1.165) is 36.9 Å². The summed E-state index contributed by atoms with van der Waals surface area (Å²) in [7, 11) is 0. The van der Waals surface area contributed by atoms with E-state index in [1.54, 1.807) is 6.26 Å². The number of hydrogen-bond donors (Lipinski definition) is 1. The van der Waals surface area contributed by atoms with Crippen LogP contribution in [0.3, 0.4) is 0 Å². The molecule has 2 aromatic rings. The predicted octanol–water partition coefficient (Wildman–Crippen LogP) is 4.02. The summed E-state index contributed by atoms with van der Waals surface area (Å²) in [4.78, 5) is 31.4. The average molecular weight is 434 g/mol. The zero-order valence-corrected chi connectivity index (χ0v) is 18.8. The van der Waals surface area contributed by atoms with Crippen LogP contribution in [0.4, 0.5) is 0 Å². The summed E-state index contributed by atoms with van der Waals surface area (Å²) >= 11 is 0. The minimum atomic E-state index is -0.514. The van der Waals surface area contributed by atoms with Gasteiger partial charge in [0.05, 0.1) is 17.4 Å². The number of furan rings is 1. The first-order chi connectivity index (χ1) is 15.5. The molecule has 0 saturated heterocycles. The van der Waals surface area contributed by atoms with Crippen molar-refractivity contribution in [3.05, 3.63) is 71.3 Å². The van der Waals surface area contributed by atoms with Crippen molar-refractivity contribution in [3.63, 3.8) is 0 Å². The number of carbonyl (C=O) groups excluding carboxylic acids is 2. The highest BCUT2D eigenvalue weighted by Crippen LogP contribution is 2.44. The molecule has 0 radical (unpaired) electrons. The van der Waals surface area contributed by atoms with Gasteiger partial charge in [-0.3, -0.25) is 9.59 Å². The lowest BCUT2D eigenvalue weighted by atomic mass is 9.94. The van der Waals surface area contributed by atoms with Crippen molar-refractivity contribution < 1.29 is 14.0 Å². The van der Waals surface area contributed by atoms with E-state index >= 15 is 0 Å². The smallest absolute Gasteiger partial charge is 0.255 e. The Morgan fingerprint density at radius 2 is 1.88 bits per heavy atom. The molecule has 3 heterocycles. The Kier molecular flexibility index (Phi) is 5.31. The van der Waals surface area contributed by atoms with Crippen molar-refractivity contribution in [3.8, 4) is 0 Å². The van der Waals surface area contributed by atoms with E-state index in [-0.39, 0.29) is 17.7 Å². The summed E-state index contributed by atoms with van der Waals surface area (Å²) < 4.78 is 5.82. The molecular weight excluding hydrogens is 402 g/mol. The molecule has 32 heavy (non-hydrogen) atoms. The molecule has 0 spiro atoms. The second kappa shape index (κ2) is 8.15. The van der Waals surface area contributed by atoms with Gasteiger partial charge in [0, 0.05) is 31.2 Å². The van der Waals surface area contributed by atoms with Crippen LogP contribution in [0.25, 0.3) is 0 Å². The van der Waals surface area contributed by atoms with E-state index in [4.69, 9.17) is 4.42 Å². The number of nitrogens with one attached hydrogen (secondary N) is 1. The molecular formula is C26H31N3O3. The van der Waals surface area contributed by atoms with Gasteiger partial charge in [-0.1, -0.05) is 43.2 Å². The second-order valence-electron chi connectivity index (χ2n) is 9.58. The lowest BCUT2D eigenvalue weighted by Crippen LogP contribution is -2.48. The topological polar surface area (TPSA) is 65.8 Å². The molecule has 1 atom stereocenters. The molecule has 2 amide bonds. The highest BCUT2D eigenvalue weighted by molar-refractivity contribution is 6.00. The molecule has 1 unspecified atom stereocenters. The molecule has 1 aromatic heterocycles. The van der Waals surface area contributed by atoms with Crippen molar-refractivity contribution in [2.45, 2.75) is 57.7 Å². The lowest BCUT2D eigenvalue weighted by molar-refractivity contribution is -0.138. The van der Waals surface area contributed by atoms with Gasteiger partial charge < -0.3 is 19.5 Å². The summed E-state index contributed by atoms with van der Waals surface area (Å²) in [5.41, 5.74) is 2.12. The van der Waals surface area contributed by atoms with Gasteiger partial charge in [-0.15, -0.1) is 0 Å². The van der Waals surface area contributed by atoms with Gasteiger partial charge in [0.25, 0.3) is 5.91 Å². The molecule has 1 fully saturated rings. The minimum Gasteiger partial charge on any atom is -0.467 e. The molecule has 2 aliphatic heterocycles. The van der Waals surface area contributed by atoms with Gasteiger partial charge >= 0.3 is 0 Å². The number of carbonyl (C=O) groups is 2. The minimum absolute atomic E-state index is 0.0334. The third-order valence-electron chi connectivity index (χ3n) is 7.25. The molecule has 1 saturated carbocycles. The van der Waals surface area contributed by atoms with Crippen LogP contribution in [0.2, 0.25) is 0 Å². The predicted molar refractivity (Wildman–Crippen MR) is 121 cm³/mol. The Bertz CT molecular complexity index is 1020. The molecule has 0 bridgehead atoms. The summed E-state index contributed by atoms with van der Waals surface area (Å²) in [5.74, 6) is 0.804. The van der Waals surface area contributed by atoms with Crippen LogP contribution in [-0.4, -0.2) is 40.2 Å². The van der Waals surface area contributed by atoms with Crippen molar-refractivity contribution in [1.82, 2.24) is 15.1 Å². The normalized spacial score (nSPS) is 23.3. The maximum absolute atomic E-state index is 14.0. The molecule has 168 valence electrons. The van der Waals surface area contributed by atoms with E-state index in [1.807, 2.05) is 52.3 Å². The largest absolute Gasteiger partial charge is 0.467 e. The van der Waals surface area contributed by atoms with Crippen LogP contribution >= 0.6 is 0 Å². The van der Waals surface area contributed by atoms with Gasteiger partial charge in [-0.05, 0) is 44.4 Å². The average Bonchev–Trinajstić information content (AvgIpc) is 3.51. The first-order valence-electron chi connectivity index (χ1n) is 11.7. The van der Waals surface area contributed by atoms with E-state index < -0.39 is 11.6 Å². The molecule has 6 nitrogen and oxygen atoms in total. The fourth-order valence-electron chi connectivity index (χ4n) is 5.55. The first kappa shape index (κ1) is 20.9. The monoisotopic (exact) mass is 433 g/mol. The van der Waals surface area contributed by atoms with Crippen molar-refractivity contribution >= 4 is 11.8 Å². The zero-order valence-electron chi connectivity index (χ0n) is 18.8. The maximum Gasteiger partial charge on any atom is 0.255 e. The van der Waals surface area contributed by atoms with Crippen LogP contribution in [-0.2, 0) is 16.1 Å². The molecule has 3 aliphatic rings. The summed E-state index contributed by atoms with van der Waals surface area (Å²) in [6.07, 6.45) is 5.67. The SMILES string of the molecule is CC1(C)C2=C(C(=O)N1Cc1ccccc1)C(c1ccco1)N(C(=O)C1CCCC1)CCN2. The maximum atomic E-state index is 14.0. The fourth-order valence-corrected chi connectivity index (χ4v) is 5.55. The first-order valence-corrected chi connectivity index (χ1v) is 11.7. The summed E-state index contributed by atoms with van der Waals surface area (Å²) in [6.45, 7) is 5.84. The second-order valence-corrected chi connectivity index (χ2v) is 9.58. The van der Waals surface area contributed by atoms with Crippen LogP contribution < -0.4 is 5.32 Å². The number of nitrogens with zero attached hydrogens (tertiary/aromatic N) is 2. The molecule has 1 aliphatic carbocycles. The van der Waals surface area contributed by atoms with Crippen LogP contribution in [0.15, 0.2) is 64.4 Å². The van der Waals surface area contributed by atoms with Gasteiger partial charge in [0.1, 0.15) is 11.8 Å². The van der Waals surface area contributed by atoms with Gasteiger partial charge in [0.15, 0.2) is 0 Å². The zero-order chi connectivity index (χ0) is 22.3.